The molecule has 0 aliphatic carbocycles. The van der Waals surface area contributed by atoms with E-state index in [1.165, 1.54) is 15.6 Å². The van der Waals surface area contributed by atoms with Crippen LogP contribution >= 0.6 is 27.3 Å². The van der Waals surface area contributed by atoms with Gasteiger partial charge >= 0.3 is 0 Å². The van der Waals surface area contributed by atoms with Gasteiger partial charge in [0.15, 0.2) is 0 Å². The topological polar surface area (TPSA) is 81.5 Å². The molecule has 130 valence electrons. The summed E-state index contributed by atoms with van der Waals surface area (Å²) < 4.78 is 27.7. The number of amides is 1. The quantitative estimate of drug-likeness (QED) is 0.735. The molecule has 1 aliphatic heterocycles. The molecule has 0 bridgehead atoms. The lowest BCUT2D eigenvalue weighted by Crippen LogP contribution is -2.50. The summed E-state index contributed by atoms with van der Waals surface area (Å²) in [7, 11) is -3.52. The van der Waals surface area contributed by atoms with Crippen molar-refractivity contribution in [3.05, 3.63) is 51.3 Å². The van der Waals surface area contributed by atoms with Crippen molar-refractivity contribution in [1.29, 1.82) is 5.26 Å². The molecule has 2 heterocycles. The first-order valence-corrected chi connectivity index (χ1v) is 10.5. The molecule has 1 fully saturated rings. The highest BCUT2D eigenvalue weighted by Crippen LogP contribution is 2.29. The minimum Gasteiger partial charge on any atom is -0.336 e. The van der Waals surface area contributed by atoms with E-state index in [-0.39, 0.29) is 19.0 Å². The Bertz CT molecular complexity index is 924. The van der Waals surface area contributed by atoms with Crippen LogP contribution in [0.25, 0.3) is 0 Å². The van der Waals surface area contributed by atoms with Gasteiger partial charge in [-0.3, -0.25) is 4.79 Å². The number of nitriles is 1. The molecule has 0 spiro atoms. The SMILES string of the molecule is N#Cc1ccc(C(=O)N2CCN(S(=O)(=O)c3ccc(Br)s3)CC2)cc1. The first kappa shape index (κ1) is 18.1. The lowest BCUT2D eigenvalue weighted by Gasteiger charge is -2.33. The minimum absolute atomic E-state index is 0.152. The van der Waals surface area contributed by atoms with Crippen LogP contribution in [0.2, 0.25) is 0 Å². The Labute approximate surface area is 158 Å². The van der Waals surface area contributed by atoms with Gasteiger partial charge < -0.3 is 4.90 Å². The highest BCUT2D eigenvalue weighted by molar-refractivity contribution is 9.11. The average Bonchev–Trinajstić information content (AvgIpc) is 3.08. The standard InChI is InChI=1S/C16H14BrN3O3S2/c17-14-5-6-15(24-14)25(22,23)20-9-7-19(8-10-20)16(21)13-3-1-12(11-18)2-4-13/h1-6H,7-10H2. The van der Waals surface area contributed by atoms with Crippen molar-refractivity contribution < 1.29 is 13.2 Å². The van der Waals surface area contributed by atoms with E-state index < -0.39 is 10.0 Å². The maximum Gasteiger partial charge on any atom is 0.253 e. The third-order valence-electron chi connectivity index (χ3n) is 3.93. The molecule has 0 atom stereocenters. The molecule has 1 saturated heterocycles. The number of rotatable bonds is 3. The Morgan fingerprint density at radius 1 is 1.08 bits per heavy atom. The number of halogens is 1. The van der Waals surface area contributed by atoms with Crippen molar-refractivity contribution in [3.63, 3.8) is 0 Å². The fourth-order valence-electron chi connectivity index (χ4n) is 2.57. The Balaban J connectivity index is 1.67. The van der Waals surface area contributed by atoms with E-state index in [0.29, 0.717) is 28.4 Å². The summed E-state index contributed by atoms with van der Waals surface area (Å²) >= 11 is 4.45. The lowest BCUT2D eigenvalue weighted by molar-refractivity contribution is 0.0698. The first-order valence-electron chi connectivity index (χ1n) is 7.47. The molecule has 1 aromatic carbocycles. The van der Waals surface area contributed by atoms with Crippen molar-refractivity contribution in [2.45, 2.75) is 4.21 Å². The molecule has 25 heavy (non-hydrogen) atoms. The largest absolute Gasteiger partial charge is 0.336 e. The summed E-state index contributed by atoms with van der Waals surface area (Å²) in [6, 6.07) is 11.7. The van der Waals surface area contributed by atoms with E-state index in [4.69, 9.17) is 5.26 Å². The predicted molar refractivity (Wildman–Crippen MR) is 97.8 cm³/mol. The highest BCUT2D eigenvalue weighted by atomic mass is 79.9. The van der Waals surface area contributed by atoms with E-state index in [9.17, 15) is 13.2 Å². The normalized spacial score (nSPS) is 15.8. The van der Waals surface area contributed by atoms with Crippen LogP contribution in [0.3, 0.4) is 0 Å². The van der Waals surface area contributed by atoms with E-state index in [0.717, 1.165) is 3.79 Å². The second-order valence-corrected chi connectivity index (χ2v) is 10.1. The zero-order valence-corrected chi connectivity index (χ0v) is 16.3. The highest BCUT2D eigenvalue weighted by Gasteiger charge is 2.31. The van der Waals surface area contributed by atoms with Crippen LogP contribution in [0, 0.1) is 11.3 Å². The van der Waals surface area contributed by atoms with Crippen molar-refractivity contribution in [2.24, 2.45) is 0 Å². The molecular formula is C16H14BrN3O3S2. The predicted octanol–water partition coefficient (Wildman–Crippen LogP) is 2.53. The maximum absolute atomic E-state index is 12.6. The van der Waals surface area contributed by atoms with E-state index in [1.54, 1.807) is 41.3 Å². The van der Waals surface area contributed by atoms with Gasteiger partial charge in [-0.2, -0.15) is 9.57 Å². The van der Waals surface area contributed by atoms with Crippen molar-refractivity contribution in [1.82, 2.24) is 9.21 Å². The zero-order chi connectivity index (χ0) is 18.0. The van der Waals surface area contributed by atoms with Gasteiger partial charge in [0.25, 0.3) is 15.9 Å². The van der Waals surface area contributed by atoms with Gasteiger partial charge in [0, 0.05) is 31.7 Å². The molecule has 1 amide bonds. The Kier molecular flexibility index (Phi) is 5.24. The molecule has 3 rings (SSSR count). The van der Waals surface area contributed by atoms with Crippen molar-refractivity contribution >= 4 is 43.2 Å². The molecule has 9 heteroatoms. The minimum atomic E-state index is -3.52. The molecule has 1 aromatic heterocycles. The third-order valence-corrected chi connectivity index (χ3v) is 7.92. The van der Waals surface area contributed by atoms with Crippen molar-refractivity contribution in [2.75, 3.05) is 26.2 Å². The maximum atomic E-state index is 12.6. The van der Waals surface area contributed by atoms with Crippen LogP contribution in [-0.4, -0.2) is 49.7 Å². The van der Waals surface area contributed by atoms with Gasteiger partial charge in [-0.25, -0.2) is 8.42 Å². The molecule has 1 aliphatic rings. The van der Waals surface area contributed by atoms with Gasteiger partial charge in [-0.15, -0.1) is 11.3 Å². The molecule has 0 radical (unpaired) electrons. The average molecular weight is 440 g/mol. The van der Waals surface area contributed by atoms with Gasteiger partial charge in [0.1, 0.15) is 4.21 Å². The van der Waals surface area contributed by atoms with Crippen molar-refractivity contribution in [3.8, 4) is 6.07 Å². The number of piperazine rings is 1. The van der Waals surface area contributed by atoms with Gasteiger partial charge in [-0.05, 0) is 52.3 Å². The second kappa shape index (κ2) is 7.25. The number of sulfonamides is 1. The van der Waals surface area contributed by atoms with E-state index in [2.05, 4.69) is 15.9 Å². The Morgan fingerprint density at radius 3 is 2.24 bits per heavy atom. The summed E-state index contributed by atoms with van der Waals surface area (Å²) in [5, 5.41) is 8.81. The smallest absolute Gasteiger partial charge is 0.253 e. The monoisotopic (exact) mass is 439 g/mol. The van der Waals surface area contributed by atoms with Gasteiger partial charge in [0.2, 0.25) is 0 Å². The van der Waals surface area contributed by atoms with Crippen LogP contribution in [0.5, 0.6) is 0 Å². The number of nitrogens with zero attached hydrogens (tertiary/aromatic N) is 3. The Hall–Kier alpha value is -1.73. The molecule has 0 unspecified atom stereocenters. The molecule has 6 nitrogen and oxygen atoms in total. The van der Waals surface area contributed by atoms with Crippen LogP contribution < -0.4 is 0 Å². The van der Waals surface area contributed by atoms with E-state index in [1.807, 2.05) is 6.07 Å². The molecular weight excluding hydrogens is 426 g/mol. The Morgan fingerprint density at radius 2 is 1.72 bits per heavy atom. The summed E-state index contributed by atoms with van der Waals surface area (Å²) in [6.07, 6.45) is 0. The number of carbonyl (C=O) groups is 1. The number of carbonyl (C=O) groups excluding carboxylic acids is 1. The van der Waals surface area contributed by atoms with Crippen LogP contribution in [0.1, 0.15) is 15.9 Å². The van der Waals surface area contributed by atoms with Crippen LogP contribution in [0.15, 0.2) is 44.4 Å². The summed E-state index contributed by atoms with van der Waals surface area (Å²) in [5.41, 5.74) is 0.993. The van der Waals surface area contributed by atoms with Gasteiger partial charge in [0.05, 0.1) is 15.4 Å². The fraction of sp³-hybridized carbons (Fsp3) is 0.250. The fourth-order valence-corrected chi connectivity index (χ4v) is 6.15. The lowest BCUT2D eigenvalue weighted by atomic mass is 10.1. The summed E-state index contributed by atoms with van der Waals surface area (Å²) in [4.78, 5) is 14.1. The second-order valence-electron chi connectivity index (χ2n) is 5.44. The molecule has 2 aromatic rings. The summed E-state index contributed by atoms with van der Waals surface area (Å²) in [6.45, 7) is 1.20. The number of thiophene rings is 1. The zero-order valence-electron chi connectivity index (χ0n) is 13.1. The van der Waals surface area contributed by atoms with Crippen LogP contribution in [-0.2, 0) is 10.0 Å². The number of hydrogen-bond donors (Lipinski definition) is 0. The molecule has 0 saturated carbocycles. The molecule has 0 N–H and O–H groups in total. The number of hydrogen-bond acceptors (Lipinski definition) is 5. The third kappa shape index (κ3) is 3.77. The van der Waals surface area contributed by atoms with E-state index >= 15 is 0 Å². The van der Waals surface area contributed by atoms with Crippen LogP contribution in [0.4, 0.5) is 0 Å². The summed E-state index contributed by atoms with van der Waals surface area (Å²) in [5.74, 6) is -0.152. The first-order chi connectivity index (χ1) is 11.9. The van der Waals surface area contributed by atoms with Gasteiger partial charge in [-0.1, -0.05) is 0 Å². The number of benzene rings is 1.